The number of rotatable bonds is 7. The largest absolute Gasteiger partial charge is 0.493 e. The van der Waals surface area contributed by atoms with Crippen LogP contribution in [-0.2, 0) is 11.4 Å². The van der Waals surface area contributed by atoms with Crippen LogP contribution < -0.4 is 20.1 Å². The molecule has 2 N–H and O–H groups in total. The molecule has 1 aliphatic heterocycles. The first-order chi connectivity index (χ1) is 16.0. The summed E-state index contributed by atoms with van der Waals surface area (Å²) in [5.74, 6) is 0.625. The van der Waals surface area contributed by atoms with Crippen molar-refractivity contribution < 1.29 is 19.1 Å². The van der Waals surface area contributed by atoms with Crippen LogP contribution in [-0.4, -0.2) is 18.9 Å². The molecule has 0 unspecified atom stereocenters. The lowest BCUT2D eigenvalue weighted by molar-refractivity contribution is -0.113. The lowest BCUT2D eigenvalue weighted by atomic mass is 9.90. The third-order valence-corrected chi connectivity index (χ3v) is 5.61. The number of ketones is 1. The van der Waals surface area contributed by atoms with Gasteiger partial charge in [0.2, 0.25) is 0 Å². The molecule has 0 radical (unpaired) electrons. The summed E-state index contributed by atoms with van der Waals surface area (Å²) in [6, 6.07) is 21.3. The fraction of sp³-hybridized carbons (Fsp3) is 0.154. The van der Waals surface area contributed by atoms with Gasteiger partial charge in [-0.05, 0) is 35.7 Å². The fourth-order valence-electron chi connectivity index (χ4n) is 3.80. The topological polar surface area (TPSA) is 76.7 Å². The zero-order chi connectivity index (χ0) is 23.4. The number of carbonyl (C=O) groups is 2. The van der Waals surface area contributed by atoms with E-state index in [2.05, 4.69) is 10.6 Å². The second-order valence-corrected chi connectivity index (χ2v) is 7.96. The Labute approximate surface area is 197 Å². The maximum absolute atomic E-state index is 12.7. The van der Waals surface area contributed by atoms with E-state index < -0.39 is 12.1 Å². The minimum absolute atomic E-state index is 0.175. The quantitative estimate of drug-likeness (QED) is 0.500. The molecule has 0 aliphatic carbocycles. The van der Waals surface area contributed by atoms with Crippen LogP contribution in [0.3, 0.4) is 0 Å². The smallest absolute Gasteiger partial charge is 0.320 e. The first kappa shape index (κ1) is 22.4. The molecule has 7 heteroatoms. The third kappa shape index (κ3) is 4.86. The van der Waals surface area contributed by atoms with Gasteiger partial charge >= 0.3 is 6.03 Å². The molecule has 6 nitrogen and oxygen atoms in total. The van der Waals surface area contributed by atoms with Gasteiger partial charge in [0, 0.05) is 5.57 Å². The predicted octanol–water partition coefficient (Wildman–Crippen LogP) is 5.28. The van der Waals surface area contributed by atoms with Gasteiger partial charge in [-0.2, -0.15) is 0 Å². The van der Waals surface area contributed by atoms with Crippen LogP contribution in [0.5, 0.6) is 11.5 Å². The molecular formula is C26H23ClN2O4. The average Bonchev–Trinajstić information content (AvgIpc) is 2.83. The number of carbonyl (C=O) groups excluding carboxylic acids is 2. The van der Waals surface area contributed by atoms with E-state index in [-0.39, 0.29) is 5.78 Å². The van der Waals surface area contributed by atoms with Gasteiger partial charge in [-0.15, -0.1) is 0 Å². The zero-order valence-electron chi connectivity index (χ0n) is 18.2. The summed E-state index contributed by atoms with van der Waals surface area (Å²) < 4.78 is 11.5. The highest BCUT2D eigenvalue weighted by atomic mass is 35.5. The number of nitrogens with one attached hydrogen (secondary N) is 2. The van der Waals surface area contributed by atoms with Crippen LogP contribution in [0, 0.1) is 0 Å². The Kier molecular flexibility index (Phi) is 6.66. The monoisotopic (exact) mass is 462 g/mol. The number of amides is 2. The Balaban J connectivity index is 1.74. The lowest BCUT2D eigenvalue weighted by Gasteiger charge is -2.30. The average molecular weight is 463 g/mol. The van der Waals surface area contributed by atoms with Gasteiger partial charge < -0.3 is 20.1 Å². The van der Waals surface area contributed by atoms with Crippen molar-refractivity contribution in [3.63, 3.8) is 0 Å². The molecule has 0 saturated carbocycles. The molecule has 0 aromatic heterocycles. The molecule has 3 aromatic rings. The lowest BCUT2D eigenvalue weighted by Crippen LogP contribution is -2.44. The van der Waals surface area contributed by atoms with Crippen LogP contribution in [0.2, 0.25) is 5.02 Å². The third-order valence-electron chi connectivity index (χ3n) is 5.32. The molecule has 4 rings (SSSR count). The highest BCUT2D eigenvalue weighted by Crippen LogP contribution is 2.41. The van der Waals surface area contributed by atoms with Gasteiger partial charge in [0.25, 0.3) is 0 Å². The molecule has 0 saturated heterocycles. The van der Waals surface area contributed by atoms with Crippen LogP contribution in [0.15, 0.2) is 78.4 Å². The Morgan fingerprint density at radius 3 is 2.33 bits per heavy atom. The van der Waals surface area contributed by atoms with E-state index in [0.29, 0.717) is 40.0 Å². The van der Waals surface area contributed by atoms with Crippen molar-refractivity contribution >= 4 is 29.1 Å². The number of ether oxygens (including phenoxy) is 2. The number of Topliss-reactive ketones (excluding diaryl/α,β-unsaturated/α-hetero) is 1. The molecule has 1 atom stereocenters. The Morgan fingerprint density at radius 2 is 1.70 bits per heavy atom. The van der Waals surface area contributed by atoms with Gasteiger partial charge in [0.1, 0.15) is 6.61 Å². The molecule has 3 aromatic carbocycles. The zero-order valence-corrected chi connectivity index (χ0v) is 19.0. The molecular weight excluding hydrogens is 440 g/mol. The minimum atomic E-state index is -0.707. The van der Waals surface area contributed by atoms with Crippen molar-refractivity contribution in [3.05, 3.63) is 100 Å². The second-order valence-electron chi connectivity index (χ2n) is 7.55. The van der Waals surface area contributed by atoms with Gasteiger partial charge in [-0.1, -0.05) is 72.3 Å². The summed E-state index contributed by atoms with van der Waals surface area (Å²) in [5.41, 5.74) is 3.23. The Hall–Kier alpha value is -3.77. The van der Waals surface area contributed by atoms with Crippen LogP contribution >= 0.6 is 11.6 Å². The number of hydrogen-bond donors (Lipinski definition) is 2. The number of halogens is 1. The molecule has 1 heterocycles. The van der Waals surface area contributed by atoms with E-state index in [1.807, 2.05) is 60.7 Å². The first-order valence-corrected chi connectivity index (χ1v) is 10.8. The summed E-state index contributed by atoms with van der Waals surface area (Å²) in [5, 5.41) is 5.93. The maximum Gasteiger partial charge on any atom is 0.320 e. The minimum Gasteiger partial charge on any atom is -0.493 e. The fourth-order valence-corrected chi connectivity index (χ4v) is 4.08. The van der Waals surface area contributed by atoms with E-state index in [0.717, 1.165) is 11.1 Å². The molecule has 0 spiro atoms. The normalized spacial score (nSPS) is 15.5. The van der Waals surface area contributed by atoms with Crippen molar-refractivity contribution in [1.82, 2.24) is 10.6 Å². The predicted molar refractivity (Wildman–Crippen MR) is 127 cm³/mol. The maximum atomic E-state index is 12.7. The van der Waals surface area contributed by atoms with Crippen molar-refractivity contribution in [2.75, 3.05) is 7.11 Å². The van der Waals surface area contributed by atoms with Gasteiger partial charge in [0.15, 0.2) is 17.3 Å². The Bertz CT molecular complexity index is 1210. The van der Waals surface area contributed by atoms with E-state index in [9.17, 15) is 9.59 Å². The molecule has 33 heavy (non-hydrogen) atoms. The van der Waals surface area contributed by atoms with E-state index in [1.54, 1.807) is 12.1 Å². The molecule has 1 aliphatic rings. The number of benzene rings is 3. The summed E-state index contributed by atoms with van der Waals surface area (Å²) >= 11 is 6.58. The standard InChI is InChI=1S/C26H23ClN2O4/c1-16(30)22-23(18-11-7-4-8-12-18)28-26(31)29-24(22)19-13-20(27)25(21(14-19)32-2)33-15-17-9-5-3-6-10-17/h3-14,24H,15H2,1-2H3,(H2,28,29,31)/t24-/m0/s1. The van der Waals surface area contributed by atoms with Gasteiger partial charge in [-0.3, -0.25) is 4.79 Å². The van der Waals surface area contributed by atoms with E-state index in [1.165, 1.54) is 14.0 Å². The molecule has 168 valence electrons. The van der Waals surface area contributed by atoms with E-state index in [4.69, 9.17) is 21.1 Å². The van der Waals surface area contributed by atoms with E-state index >= 15 is 0 Å². The van der Waals surface area contributed by atoms with Crippen molar-refractivity contribution in [3.8, 4) is 11.5 Å². The summed E-state index contributed by atoms with van der Waals surface area (Å²) in [6.07, 6.45) is 0. The summed E-state index contributed by atoms with van der Waals surface area (Å²) in [4.78, 5) is 25.2. The number of urea groups is 1. The second kappa shape index (κ2) is 9.79. The van der Waals surface area contributed by atoms with Crippen LogP contribution in [0.4, 0.5) is 4.79 Å². The highest BCUT2D eigenvalue weighted by Gasteiger charge is 2.32. The van der Waals surface area contributed by atoms with Crippen molar-refractivity contribution in [1.29, 1.82) is 0 Å². The number of methoxy groups -OCH3 is 1. The first-order valence-electron chi connectivity index (χ1n) is 10.4. The van der Waals surface area contributed by atoms with Crippen LogP contribution in [0.1, 0.15) is 29.7 Å². The summed E-state index contributed by atoms with van der Waals surface area (Å²) in [7, 11) is 1.52. The summed E-state index contributed by atoms with van der Waals surface area (Å²) in [6.45, 7) is 1.79. The highest BCUT2D eigenvalue weighted by molar-refractivity contribution is 6.32. The van der Waals surface area contributed by atoms with Crippen molar-refractivity contribution in [2.45, 2.75) is 19.6 Å². The SMILES string of the molecule is COc1cc([C@@H]2NC(=O)NC(c3ccccc3)=C2C(C)=O)cc(Cl)c1OCc1ccccc1. The molecule has 0 fully saturated rings. The van der Waals surface area contributed by atoms with Crippen molar-refractivity contribution in [2.24, 2.45) is 0 Å². The Morgan fingerprint density at radius 1 is 1.03 bits per heavy atom. The molecule has 0 bridgehead atoms. The molecule has 2 amide bonds. The number of hydrogen-bond acceptors (Lipinski definition) is 4. The van der Waals surface area contributed by atoms with Crippen LogP contribution in [0.25, 0.3) is 5.70 Å². The van der Waals surface area contributed by atoms with Gasteiger partial charge in [0.05, 0.1) is 23.9 Å². The van der Waals surface area contributed by atoms with Gasteiger partial charge in [-0.25, -0.2) is 4.79 Å².